The van der Waals surface area contributed by atoms with Crippen molar-refractivity contribution in [3.63, 3.8) is 0 Å². The van der Waals surface area contributed by atoms with Gasteiger partial charge in [-0.1, -0.05) is 0 Å². The summed E-state index contributed by atoms with van der Waals surface area (Å²) in [6, 6.07) is -0.0327. The molecule has 0 aromatic carbocycles. The van der Waals surface area contributed by atoms with Crippen molar-refractivity contribution in [1.82, 2.24) is 10.2 Å². The molecular weight excluding hydrogens is 284 g/mol. The normalized spacial score (nSPS) is 12.2. The van der Waals surface area contributed by atoms with Gasteiger partial charge in [0.1, 0.15) is 5.60 Å². The van der Waals surface area contributed by atoms with Gasteiger partial charge in [0.25, 0.3) is 0 Å². The number of hydrogen-bond donors (Lipinski definition) is 1. The van der Waals surface area contributed by atoms with E-state index in [1.165, 1.54) is 0 Å². The summed E-state index contributed by atoms with van der Waals surface area (Å²) < 4.78 is 10.4. The molecule has 130 valence electrons. The third kappa shape index (κ3) is 8.87. The number of methoxy groups -OCH3 is 1. The van der Waals surface area contributed by atoms with Gasteiger partial charge in [0.05, 0.1) is 12.1 Å². The van der Waals surface area contributed by atoms with Crippen LogP contribution in [0.3, 0.4) is 0 Å². The predicted octanol–water partition coefficient (Wildman–Crippen LogP) is 2.56. The Hall–Kier alpha value is -1.30. The molecule has 6 nitrogen and oxygen atoms in total. The molecule has 22 heavy (non-hydrogen) atoms. The molecule has 0 saturated carbocycles. The smallest absolute Gasteiger partial charge is 0.410 e. The van der Waals surface area contributed by atoms with Gasteiger partial charge in [-0.25, -0.2) is 4.79 Å². The second kappa shape index (κ2) is 8.36. The van der Waals surface area contributed by atoms with Crippen LogP contribution in [0.15, 0.2) is 0 Å². The van der Waals surface area contributed by atoms with Crippen LogP contribution in [0, 0.1) is 0 Å². The van der Waals surface area contributed by atoms with Crippen LogP contribution >= 0.6 is 0 Å². The number of rotatable bonds is 7. The van der Waals surface area contributed by atoms with E-state index in [0.717, 1.165) is 0 Å². The van der Waals surface area contributed by atoms with Crippen molar-refractivity contribution < 1.29 is 19.1 Å². The third-order valence-electron chi connectivity index (χ3n) is 2.81. The molecular formula is C16H32N2O4. The van der Waals surface area contributed by atoms with Crippen molar-refractivity contribution in [1.29, 1.82) is 0 Å². The Morgan fingerprint density at radius 2 is 1.68 bits per heavy atom. The van der Waals surface area contributed by atoms with Gasteiger partial charge in [0.15, 0.2) is 0 Å². The summed E-state index contributed by atoms with van der Waals surface area (Å²) in [5.74, 6) is -0.115. The van der Waals surface area contributed by atoms with Crippen molar-refractivity contribution in [3.8, 4) is 0 Å². The zero-order chi connectivity index (χ0) is 17.6. The Balaban J connectivity index is 4.54. The molecule has 0 radical (unpaired) electrons. The van der Waals surface area contributed by atoms with E-state index in [4.69, 9.17) is 9.47 Å². The highest BCUT2D eigenvalue weighted by Gasteiger charge is 2.26. The highest BCUT2D eigenvalue weighted by Crippen LogP contribution is 2.12. The van der Waals surface area contributed by atoms with Crippen LogP contribution in [0.2, 0.25) is 0 Å². The van der Waals surface area contributed by atoms with E-state index in [1.807, 2.05) is 48.5 Å². The van der Waals surface area contributed by atoms with E-state index in [9.17, 15) is 9.59 Å². The van der Waals surface area contributed by atoms with Gasteiger partial charge in [0, 0.05) is 26.1 Å². The maximum atomic E-state index is 12.2. The van der Waals surface area contributed by atoms with Crippen molar-refractivity contribution in [2.24, 2.45) is 0 Å². The third-order valence-corrected chi connectivity index (χ3v) is 2.81. The molecule has 0 spiro atoms. The minimum atomic E-state index is -0.549. The number of carbonyl (C=O) groups excluding carboxylic acids is 2. The summed E-state index contributed by atoms with van der Waals surface area (Å²) in [4.78, 5) is 25.7. The van der Waals surface area contributed by atoms with E-state index in [2.05, 4.69) is 5.32 Å². The molecule has 6 heteroatoms. The molecule has 0 unspecified atom stereocenters. The zero-order valence-electron chi connectivity index (χ0n) is 15.3. The fourth-order valence-electron chi connectivity index (χ4n) is 1.94. The van der Waals surface area contributed by atoms with E-state index in [0.29, 0.717) is 13.2 Å². The SMILES string of the molecule is COCC(C)(C)NC(=O)CCN(C(=O)OC(C)(C)C)C(C)C. The van der Waals surface area contributed by atoms with Gasteiger partial charge in [-0.05, 0) is 48.5 Å². The van der Waals surface area contributed by atoms with Crippen molar-refractivity contribution in [2.75, 3.05) is 20.3 Å². The number of ether oxygens (including phenoxy) is 2. The van der Waals surface area contributed by atoms with Gasteiger partial charge in [-0.2, -0.15) is 0 Å². The van der Waals surface area contributed by atoms with Crippen LogP contribution in [-0.2, 0) is 14.3 Å². The van der Waals surface area contributed by atoms with Gasteiger partial charge >= 0.3 is 6.09 Å². The molecule has 2 amide bonds. The van der Waals surface area contributed by atoms with Crippen LogP contribution < -0.4 is 5.32 Å². The summed E-state index contributed by atoms with van der Waals surface area (Å²) in [5, 5.41) is 2.90. The number of nitrogens with one attached hydrogen (secondary N) is 1. The number of hydrogen-bond acceptors (Lipinski definition) is 4. The quantitative estimate of drug-likeness (QED) is 0.784. The molecule has 0 aliphatic carbocycles. The lowest BCUT2D eigenvalue weighted by Gasteiger charge is -2.30. The van der Waals surface area contributed by atoms with Gasteiger partial charge in [-0.3, -0.25) is 4.79 Å². The minimum Gasteiger partial charge on any atom is -0.444 e. The van der Waals surface area contributed by atoms with E-state index in [-0.39, 0.29) is 18.4 Å². The Morgan fingerprint density at radius 1 is 1.14 bits per heavy atom. The lowest BCUT2D eigenvalue weighted by Crippen LogP contribution is -2.48. The van der Waals surface area contributed by atoms with Crippen LogP contribution in [0.4, 0.5) is 4.79 Å². The Kier molecular flexibility index (Phi) is 7.87. The first-order chi connectivity index (χ1) is 9.88. The number of amides is 2. The summed E-state index contributed by atoms with van der Waals surface area (Å²) in [7, 11) is 1.59. The largest absolute Gasteiger partial charge is 0.444 e. The van der Waals surface area contributed by atoms with Crippen LogP contribution in [0.25, 0.3) is 0 Å². The second-order valence-electron chi connectivity index (χ2n) is 7.38. The maximum Gasteiger partial charge on any atom is 0.410 e. The first-order valence-electron chi connectivity index (χ1n) is 7.67. The summed E-state index contributed by atoms with van der Waals surface area (Å²) >= 11 is 0. The molecule has 0 rings (SSSR count). The molecule has 0 fully saturated rings. The highest BCUT2D eigenvalue weighted by atomic mass is 16.6. The average Bonchev–Trinajstić information content (AvgIpc) is 2.24. The van der Waals surface area contributed by atoms with Crippen molar-refractivity contribution in [3.05, 3.63) is 0 Å². The molecule has 1 N–H and O–H groups in total. The fraction of sp³-hybridized carbons (Fsp3) is 0.875. The molecule has 0 bridgehead atoms. The molecule has 0 heterocycles. The molecule has 0 aliphatic rings. The molecule has 0 aromatic rings. The fourth-order valence-corrected chi connectivity index (χ4v) is 1.94. The Morgan fingerprint density at radius 3 is 2.09 bits per heavy atom. The maximum absolute atomic E-state index is 12.2. The molecule has 0 atom stereocenters. The first kappa shape index (κ1) is 20.7. The summed E-state index contributed by atoms with van der Waals surface area (Å²) in [5.41, 5.74) is -0.979. The van der Waals surface area contributed by atoms with Crippen LogP contribution in [0.1, 0.15) is 54.9 Å². The van der Waals surface area contributed by atoms with Gasteiger partial charge < -0.3 is 19.7 Å². The summed E-state index contributed by atoms with van der Waals surface area (Å²) in [6.07, 6.45) is -0.170. The van der Waals surface area contributed by atoms with Crippen molar-refractivity contribution in [2.45, 2.75) is 72.1 Å². The first-order valence-corrected chi connectivity index (χ1v) is 7.67. The standard InChI is InChI=1S/C16H32N2O4/c1-12(2)18(14(20)22-15(3,4)5)10-9-13(19)17-16(6,7)11-21-8/h12H,9-11H2,1-8H3,(H,17,19). The number of carbonyl (C=O) groups is 2. The lowest BCUT2D eigenvalue weighted by molar-refractivity contribution is -0.123. The molecule has 0 aromatic heterocycles. The average molecular weight is 316 g/mol. The predicted molar refractivity (Wildman–Crippen MR) is 86.8 cm³/mol. The van der Waals surface area contributed by atoms with E-state index < -0.39 is 17.2 Å². The van der Waals surface area contributed by atoms with Gasteiger partial charge in [0.2, 0.25) is 5.91 Å². The van der Waals surface area contributed by atoms with Crippen molar-refractivity contribution >= 4 is 12.0 Å². The zero-order valence-corrected chi connectivity index (χ0v) is 15.3. The lowest BCUT2D eigenvalue weighted by atomic mass is 10.1. The van der Waals surface area contributed by atoms with Crippen LogP contribution in [-0.4, -0.2) is 54.3 Å². The van der Waals surface area contributed by atoms with Crippen LogP contribution in [0.5, 0.6) is 0 Å². The number of nitrogens with zero attached hydrogens (tertiary/aromatic N) is 1. The highest BCUT2D eigenvalue weighted by molar-refractivity contribution is 5.77. The monoisotopic (exact) mass is 316 g/mol. The van der Waals surface area contributed by atoms with E-state index >= 15 is 0 Å². The van der Waals surface area contributed by atoms with Gasteiger partial charge in [-0.15, -0.1) is 0 Å². The second-order valence-corrected chi connectivity index (χ2v) is 7.38. The Labute approximate surface area is 134 Å². The molecule has 0 saturated heterocycles. The minimum absolute atomic E-state index is 0.0327. The summed E-state index contributed by atoms with van der Waals surface area (Å²) in [6.45, 7) is 13.8. The topological polar surface area (TPSA) is 67.9 Å². The molecule has 0 aliphatic heterocycles. The Bertz CT molecular complexity index is 373. The van der Waals surface area contributed by atoms with E-state index in [1.54, 1.807) is 12.0 Å².